The van der Waals surface area contributed by atoms with Gasteiger partial charge in [0.15, 0.2) is 11.9 Å². The minimum atomic E-state index is -1.63. The van der Waals surface area contributed by atoms with Gasteiger partial charge in [0.05, 0.1) is 12.2 Å². The molecule has 0 saturated carbocycles. The number of rotatable bonds is 7. The number of ketones is 1. The van der Waals surface area contributed by atoms with Gasteiger partial charge in [-0.15, -0.1) is 0 Å². The van der Waals surface area contributed by atoms with E-state index in [9.17, 15) is 19.8 Å². The third-order valence-corrected chi connectivity index (χ3v) is 5.40. The highest BCUT2D eigenvalue weighted by molar-refractivity contribution is 6.04. The van der Waals surface area contributed by atoms with Gasteiger partial charge >= 0.3 is 5.97 Å². The van der Waals surface area contributed by atoms with Crippen molar-refractivity contribution in [2.75, 3.05) is 13.7 Å². The van der Waals surface area contributed by atoms with Crippen molar-refractivity contribution in [3.05, 3.63) is 59.8 Å². The van der Waals surface area contributed by atoms with Crippen molar-refractivity contribution in [1.29, 1.82) is 0 Å². The molecule has 0 spiro atoms. The molecule has 0 aromatic carbocycles. The number of allylic oxidation sites excluding steroid dienone is 5. The number of esters is 1. The molecule has 178 valence electrons. The van der Waals surface area contributed by atoms with Crippen LogP contribution in [-0.2, 0) is 19.1 Å². The van der Waals surface area contributed by atoms with Crippen molar-refractivity contribution in [2.45, 2.75) is 71.7 Å². The van der Waals surface area contributed by atoms with Crippen LogP contribution >= 0.6 is 0 Å². The van der Waals surface area contributed by atoms with Crippen LogP contribution in [0.2, 0.25) is 0 Å². The molecule has 32 heavy (non-hydrogen) atoms. The highest BCUT2D eigenvalue weighted by atomic mass is 16.6. The Balaban J connectivity index is 3.41. The molecule has 1 aliphatic rings. The topological polar surface area (TPSA) is 93.1 Å². The van der Waals surface area contributed by atoms with E-state index in [1.807, 2.05) is 39.0 Å². The molecule has 0 radical (unpaired) electrons. The van der Waals surface area contributed by atoms with Crippen LogP contribution in [0.15, 0.2) is 59.8 Å². The zero-order valence-corrected chi connectivity index (χ0v) is 20.3. The lowest BCUT2D eigenvalue weighted by atomic mass is 9.81. The molecule has 0 amide bonds. The number of carbonyl (C=O) groups excluding carboxylic acids is 2. The maximum atomic E-state index is 12.5. The van der Waals surface area contributed by atoms with Crippen molar-refractivity contribution in [3.63, 3.8) is 0 Å². The first kappa shape index (κ1) is 27.8. The standard InChI is InChI=1S/C26H38O6/c1-19(2)17-23(29)32-22-11-15-25(5,13-8-12-24(3,4)31-7)14-9-20(18-27)21(28)10-16-26(22,6)30/h8-12,15-17,22,27,30H,13-14,18H2,1-7H3. The summed E-state index contributed by atoms with van der Waals surface area (Å²) in [4.78, 5) is 24.8. The SMILES string of the molecule is COC(C)(C)C=CCC1(C)C=CC(OC(=O)C=C(C)C)C(C)(O)C=CC(=O)C(CO)=CC1. The molecule has 0 aromatic rings. The predicted molar refractivity (Wildman–Crippen MR) is 126 cm³/mol. The Morgan fingerprint density at radius 3 is 2.50 bits per heavy atom. The minimum absolute atomic E-state index is 0.248. The van der Waals surface area contributed by atoms with E-state index >= 15 is 0 Å². The molecule has 0 heterocycles. The summed E-state index contributed by atoms with van der Waals surface area (Å²) in [6, 6.07) is 0. The molecule has 1 rings (SSSR count). The van der Waals surface area contributed by atoms with E-state index < -0.39 is 41.1 Å². The van der Waals surface area contributed by atoms with E-state index in [4.69, 9.17) is 9.47 Å². The summed E-state index contributed by atoms with van der Waals surface area (Å²) in [6.45, 7) is 10.5. The van der Waals surface area contributed by atoms with Gasteiger partial charge < -0.3 is 19.7 Å². The van der Waals surface area contributed by atoms with Gasteiger partial charge in [0, 0.05) is 18.8 Å². The molecule has 1 aliphatic carbocycles. The summed E-state index contributed by atoms with van der Waals surface area (Å²) in [5.74, 6) is -0.977. The third-order valence-electron chi connectivity index (χ3n) is 5.40. The number of carbonyl (C=O) groups is 2. The van der Waals surface area contributed by atoms with Gasteiger partial charge in [0.1, 0.15) is 5.60 Å². The van der Waals surface area contributed by atoms with Crippen LogP contribution in [0.25, 0.3) is 0 Å². The number of methoxy groups -OCH3 is 1. The highest BCUT2D eigenvalue weighted by Gasteiger charge is 2.32. The monoisotopic (exact) mass is 446 g/mol. The summed E-state index contributed by atoms with van der Waals surface area (Å²) in [5.41, 5.74) is -1.50. The van der Waals surface area contributed by atoms with Crippen molar-refractivity contribution >= 4 is 11.8 Å². The van der Waals surface area contributed by atoms with E-state index in [2.05, 4.69) is 0 Å². The molecule has 0 fully saturated rings. The van der Waals surface area contributed by atoms with Crippen LogP contribution in [0.4, 0.5) is 0 Å². The Morgan fingerprint density at radius 1 is 1.28 bits per heavy atom. The lowest BCUT2D eigenvalue weighted by molar-refractivity contribution is -0.148. The van der Waals surface area contributed by atoms with Gasteiger partial charge in [0.25, 0.3) is 0 Å². The second kappa shape index (κ2) is 11.5. The van der Waals surface area contributed by atoms with Crippen molar-refractivity contribution in [3.8, 4) is 0 Å². The van der Waals surface area contributed by atoms with Crippen molar-refractivity contribution in [1.82, 2.24) is 0 Å². The first-order chi connectivity index (χ1) is 14.7. The van der Waals surface area contributed by atoms with Crippen LogP contribution in [0.3, 0.4) is 0 Å². The molecule has 0 aliphatic heterocycles. The van der Waals surface area contributed by atoms with Gasteiger partial charge in [-0.1, -0.05) is 36.8 Å². The summed E-state index contributed by atoms with van der Waals surface area (Å²) < 4.78 is 11.0. The molecule has 2 N–H and O–H groups in total. The van der Waals surface area contributed by atoms with Gasteiger partial charge in [0.2, 0.25) is 0 Å². The smallest absolute Gasteiger partial charge is 0.331 e. The quantitative estimate of drug-likeness (QED) is 0.349. The Kier molecular flexibility index (Phi) is 10.0. The van der Waals surface area contributed by atoms with E-state index in [0.717, 1.165) is 5.57 Å². The second-order valence-electron chi connectivity index (χ2n) is 9.52. The van der Waals surface area contributed by atoms with Crippen LogP contribution in [0.1, 0.15) is 54.4 Å². The summed E-state index contributed by atoms with van der Waals surface area (Å²) in [6.07, 6.45) is 13.2. The molecular weight excluding hydrogens is 408 g/mol. The first-order valence-corrected chi connectivity index (χ1v) is 10.8. The first-order valence-electron chi connectivity index (χ1n) is 10.8. The van der Waals surface area contributed by atoms with E-state index in [1.165, 1.54) is 25.2 Å². The van der Waals surface area contributed by atoms with Crippen molar-refractivity contribution < 1.29 is 29.3 Å². The maximum Gasteiger partial charge on any atom is 0.331 e. The lowest BCUT2D eigenvalue weighted by Gasteiger charge is -2.29. The zero-order chi connectivity index (χ0) is 24.6. The molecule has 3 atom stereocenters. The van der Waals surface area contributed by atoms with Gasteiger partial charge in [-0.25, -0.2) is 4.79 Å². The zero-order valence-electron chi connectivity index (χ0n) is 20.3. The maximum absolute atomic E-state index is 12.5. The van der Waals surface area contributed by atoms with Gasteiger partial charge in [-0.05, 0) is 71.1 Å². The number of aliphatic hydroxyl groups excluding tert-OH is 1. The van der Waals surface area contributed by atoms with E-state index in [0.29, 0.717) is 12.8 Å². The minimum Gasteiger partial charge on any atom is -0.452 e. The highest BCUT2D eigenvalue weighted by Crippen LogP contribution is 2.32. The fourth-order valence-corrected chi connectivity index (χ4v) is 3.01. The van der Waals surface area contributed by atoms with E-state index in [1.54, 1.807) is 33.1 Å². The molecule has 0 saturated heterocycles. The second-order valence-corrected chi connectivity index (χ2v) is 9.52. The average Bonchev–Trinajstić information content (AvgIpc) is 2.70. The van der Waals surface area contributed by atoms with Gasteiger partial charge in [-0.2, -0.15) is 0 Å². The fourth-order valence-electron chi connectivity index (χ4n) is 3.01. The molecule has 3 unspecified atom stereocenters. The molecule has 0 bridgehead atoms. The number of aliphatic hydroxyl groups is 2. The Morgan fingerprint density at radius 2 is 1.94 bits per heavy atom. The van der Waals surface area contributed by atoms with Crippen LogP contribution in [0.5, 0.6) is 0 Å². The summed E-state index contributed by atoms with van der Waals surface area (Å²) >= 11 is 0. The number of ether oxygens (including phenoxy) is 2. The molecular formula is C26H38O6. The normalized spacial score (nSPS) is 27.1. The lowest BCUT2D eigenvalue weighted by Crippen LogP contribution is -2.39. The Hall–Kier alpha value is -2.28. The van der Waals surface area contributed by atoms with Crippen molar-refractivity contribution in [2.24, 2.45) is 5.41 Å². The average molecular weight is 447 g/mol. The third kappa shape index (κ3) is 9.07. The Bertz CT molecular complexity index is 821. The van der Waals surface area contributed by atoms with Crippen LogP contribution in [0, 0.1) is 5.41 Å². The van der Waals surface area contributed by atoms with Gasteiger partial charge in [-0.3, -0.25) is 4.79 Å². The Labute approximate surface area is 192 Å². The summed E-state index contributed by atoms with van der Waals surface area (Å²) in [7, 11) is 1.64. The van der Waals surface area contributed by atoms with Crippen LogP contribution in [-0.4, -0.2) is 53.0 Å². The molecule has 6 heteroatoms. The fraction of sp³-hybridized carbons (Fsp3) is 0.538. The van der Waals surface area contributed by atoms with E-state index in [-0.39, 0.29) is 5.57 Å². The summed E-state index contributed by atoms with van der Waals surface area (Å²) in [5, 5.41) is 20.7. The predicted octanol–water partition coefficient (Wildman–Crippen LogP) is 4.00. The number of hydrogen-bond acceptors (Lipinski definition) is 6. The largest absolute Gasteiger partial charge is 0.452 e. The molecule has 0 aromatic heterocycles. The molecule has 6 nitrogen and oxygen atoms in total. The number of hydrogen-bond donors (Lipinski definition) is 2. The van der Waals surface area contributed by atoms with Crippen LogP contribution < -0.4 is 0 Å².